The van der Waals surface area contributed by atoms with Crippen LogP contribution < -0.4 is 10.6 Å². The summed E-state index contributed by atoms with van der Waals surface area (Å²) in [6.07, 6.45) is 0.00600. The van der Waals surface area contributed by atoms with Crippen molar-refractivity contribution >= 4 is 11.7 Å². The summed E-state index contributed by atoms with van der Waals surface area (Å²) in [6, 6.07) is 18.2. The number of carbonyl (C=O) groups is 1. The first-order valence-corrected chi connectivity index (χ1v) is 9.93. The third kappa shape index (κ3) is 6.08. The molecule has 2 amide bonds. The summed E-state index contributed by atoms with van der Waals surface area (Å²) in [7, 11) is 0. The van der Waals surface area contributed by atoms with Crippen LogP contribution in [-0.2, 0) is 16.7 Å². The Kier molecular flexibility index (Phi) is 6.70. The van der Waals surface area contributed by atoms with E-state index in [0.29, 0.717) is 13.2 Å². The van der Waals surface area contributed by atoms with Crippen LogP contribution in [0.4, 0.5) is 10.5 Å². The average Bonchev–Trinajstić information content (AvgIpc) is 2.67. The van der Waals surface area contributed by atoms with E-state index in [1.807, 2.05) is 18.2 Å². The molecule has 0 radical (unpaired) electrons. The van der Waals surface area contributed by atoms with E-state index in [0.717, 1.165) is 25.3 Å². The number of amides is 2. The lowest BCUT2D eigenvalue weighted by molar-refractivity contribution is -0.0285. The van der Waals surface area contributed by atoms with Crippen LogP contribution in [0.25, 0.3) is 0 Å². The molecule has 0 bridgehead atoms. The monoisotopic (exact) mass is 381 g/mol. The Balaban J connectivity index is 1.43. The summed E-state index contributed by atoms with van der Waals surface area (Å²) in [5.41, 5.74) is 3.44. The Hall–Kier alpha value is -2.37. The van der Waals surface area contributed by atoms with Crippen LogP contribution in [0.15, 0.2) is 54.6 Å². The topological polar surface area (TPSA) is 53.6 Å². The maximum Gasteiger partial charge on any atom is 0.319 e. The number of rotatable bonds is 5. The molecule has 0 spiro atoms. The molecule has 2 aromatic rings. The van der Waals surface area contributed by atoms with Gasteiger partial charge >= 0.3 is 6.03 Å². The number of carbonyl (C=O) groups excluding carboxylic acids is 1. The van der Waals surface area contributed by atoms with Gasteiger partial charge in [-0.15, -0.1) is 0 Å². The van der Waals surface area contributed by atoms with Gasteiger partial charge in [0.15, 0.2) is 0 Å². The van der Waals surface area contributed by atoms with Crippen molar-refractivity contribution in [2.24, 2.45) is 0 Å². The van der Waals surface area contributed by atoms with E-state index in [-0.39, 0.29) is 17.6 Å². The van der Waals surface area contributed by atoms with Gasteiger partial charge in [-0.1, -0.05) is 63.2 Å². The fourth-order valence-corrected chi connectivity index (χ4v) is 3.32. The molecule has 1 saturated heterocycles. The number of morpholine rings is 1. The molecule has 0 aromatic heterocycles. The van der Waals surface area contributed by atoms with Gasteiger partial charge in [-0.3, -0.25) is 4.90 Å². The number of hydrogen-bond donors (Lipinski definition) is 2. The number of ether oxygens (including phenoxy) is 1. The van der Waals surface area contributed by atoms with E-state index in [9.17, 15) is 4.79 Å². The van der Waals surface area contributed by atoms with Crippen LogP contribution in [0.1, 0.15) is 31.9 Å². The second-order valence-electron chi connectivity index (χ2n) is 8.38. The number of anilines is 1. The van der Waals surface area contributed by atoms with Crippen molar-refractivity contribution in [3.05, 3.63) is 65.7 Å². The molecule has 2 N–H and O–H groups in total. The van der Waals surface area contributed by atoms with E-state index < -0.39 is 0 Å². The minimum Gasteiger partial charge on any atom is -0.374 e. The Morgan fingerprint density at radius 3 is 2.50 bits per heavy atom. The fourth-order valence-electron chi connectivity index (χ4n) is 3.32. The van der Waals surface area contributed by atoms with Gasteiger partial charge in [0.2, 0.25) is 0 Å². The zero-order valence-corrected chi connectivity index (χ0v) is 17.1. The van der Waals surface area contributed by atoms with Gasteiger partial charge in [0.1, 0.15) is 0 Å². The van der Waals surface area contributed by atoms with Crippen LogP contribution in [-0.4, -0.2) is 43.3 Å². The molecule has 1 atom stereocenters. The van der Waals surface area contributed by atoms with Crippen molar-refractivity contribution in [3.63, 3.8) is 0 Å². The first-order valence-electron chi connectivity index (χ1n) is 9.93. The fraction of sp³-hybridized carbons (Fsp3) is 0.435. The average molecular weight is 382 g/mol. The minimum atomic E-state index is -0.202. The largest absolute Gasteiger partial charge is 0.374 e. The number of nitrogens with zero attached hydrogens (tertiary/aromatic N) is 1. The quantitative estimate of drug-likeness (QED) is 0.823. The van der Waals surface area contributed by atoms with E-state index in [2.05, 4.69) is 72.7 Å². The molecule has 28 heavy (non-hydrogen) atoms. The molecular weight excluding hydrogens is 350 g/mol. The summed E-state index contributed by atoms with van der Waals surface area (Å²) < 4.78 is 5.82. The highest BCUT2D eigenvalue weighted by molar-refractivity contribution is 5.89. The van der Waals surface area contributed by atoms with Gasteiger partial charge < -0.3 is 15.4 Å². The van der Waals surface area contributed by atoms with Crippen LogP contribution in [0.3, 0.4) is 0 Å². The van der Waals surface area contributed by atoms with E-state index in [1.165, 1.54) is 11.1 Å². The molecule has 5 nitrogen and oxygen atoms in total. The van der Waals surface area contributed by atoms with Gasteiger partial charge in [0.25, 0.3) is 0 Å². The highest BCUT2D eigenvalue weighted by Gasteiger charge is 2.21. The lowest BCUT2D eigenvalue weighted by atomic mass is 9.87. The molecule has 0 aliphatic carbocycles. The normalized spacial score (nSPS) is 17.9. The molecule has 1 aliphatic heterocycles. The third-order valence-electron chi connectivity index (χ3n) is 4.97. The van der Waals surface area contributed by atoms with Crippen LogP contribution in [0.2, 0.25) is 0 Å². The second kappa shape index (κ2) is 9.22. The molecule has 1 unspecified atom stereocenters. The van der Waals surface area contributed by atoms with Gasteiger partial charge in [-0.05, 0) is 28.7 Å². The Labute approximate surface area is 168 Å². The van der Waals surface area contributed by atoms with Gasteiger partial charge in [0.05, 0.1) is 12.7 Å². The molecule has 5 heteroatoms. The summed E-state index contributed by atoms with van der Waals surface area (Å²) in [5, 5.41) is 5.82. The highest BCUT2D eigenvalue weighted by Crippen LogP contribution is 2.23. The maximum atomic E-state index is 12.2. The summed E-state index contributed by atoms with van der Waals surface area (Å²) in [6.45, 7) is 10.3. The van der Waals surface area contributed by atoms with E-state index in [1.54, 1.807) is 0 Å². The molecular formula is C23H31N3O2. The lowest BCUT2D eigenvalue weighted by Crippen LogP contribution is -2.47. The highest BCUT2D eigenvalue weighted by atomic mass is 16.5. The van der Waals surface area contributed by atoms with Crippen LogP contribution in [0.5, 0.6) is 0 Å². The SMILES string of the molecule is CC(C)(C)c1ccc(NC(=O)NCC2CN(Cc3ccccc3)CCO2)cc1. The molecule has 150 valence electrons. The zero-order valence-electron chi connectivity index (χ0n) is 17.1. The smallest absolute Gasteiger partial charge is 0.319 e. The van der Waals surface area contributed by atoms with Crippen molar-refractivity contribution in [1.29, 1.82) is 0 Å². The van der Waals surface area contributed by atoms with Crippen molar-refractivity contribution in [2.45, 2.75) is 38.8 Å². The predicted molar refractivity (Wildman–Crippen MR) is 114 cm³/mol. The zero-order chi connectivity index (χ0) is 20.0. The molecule has 2 aromatic carbocycles. The van der Waals surface area contributed by atoms with Crippen molar-refractivity contribution in [2.75, 3.05) is 31.6 Å². The molecule has 1 aliphatic rings. The maximum absolute atomic E-state index is 12.2. The third-order valence-corrected chi connectivity index (χ3v) is 4.97. The molecule has 3 rings (SSSR count). The molecule has 1 fully saturated rings. The van der Waals surface area contributed by atoms with Crippen molar-refractivity contribution in [1.82, 2.24) is 10.2 Å². The summed E-state index contributed by atoms with van der Waals surface area (Å²) in [4.78, 5) is 14.6. The number of hydrogen-bond acceptors (Lipinski definition) is 3. The van der Waals surface area contributed by atoms with Gasteiger partial charge in [-0.25, -0.2) is 4.79 Å². The minimum absolute atomic E-state index is 0.00600. The van der Waals surface area contributed by atoms with Gasteiger partial charge in [-0.2, -0.15) is 0 Å². The first-order chi connectivity index (χ1) is 13.4. The number of benzene rings is 2. The lowest BCUT2D eigenvalue weighted by Gasteiger charge is -2.33. The predicted octanol–water partition coefficient (Wildman–Crippen LogP) is 4.01. The Bertz CT molecular complexity index is 754. The standard InChI is InChI=1S/C23H31N3O2/c1-23(2,3)19-9-11-20(12-10-19)25-22(27)24-15-21-17-26(13-14-28-21)16-18-7-5-4-6-8-18/h4-12,21H,13-17H2,1-3H3,(H2,24,25,27). The summed E-state index contributed by atoms with van der Waals surface area (Å²) in [5.74, 6) is 0. The molecule has 0 saturated carbocycles. The van der Waals surface area contributed by atoms with Crippen LogP contribution >= 0.6 is 0 Å². The summed E-state index contributed by atoms with van der Waals surface area (Å²) >= 11 is 0. The van der Waals surface area contributed by atoms with Crippen molar-refractivity contribution < 1.29 is 9.53 Å². The van der Waals surface area contributed by atoms with Gasteiger partial charge in [0, 0.05) is 31.9 Å². The van der Waals surface area contributed by atoms with E-state index >= 15 is 0 Å². The van der Waals surface area contributed by atoms with E-state index in [4.69, 9.17) is 4.74 Å². The Morgan fingerprint density at radius 1 is 1.11 bits per heavy atom. The Morgan fingerprint density at radius 2 is 1.82 bits per heavy atom. The number of nitrogens with one attached hydrogen (secondary N) is 2. The number of urea groups is 1. The molecule has 1 heterocycles. The van der Waals surface area contributed by atoms with Crippen LogP contribution in [0, 0.1) is 0 Å². The first kappa shape index (κ1) is 20.4. The van der Waals surface area contributed by atoms with Crippen molar-refractivity contribution in [3.8, 4) is 0 Å². The second-order valence-corrected chi connectivity index (χ2v) is 8.38.